The average molecular weight is 1080 g/mol. The molecule has 77 heavy (non-hydrogen) atoms. The van der Waals surface area contributed by atoms with E-state index in [-0.39, 0.29) is 43.4 Å². The fourth-order valence-corrected chi connectivity index (χ4v) is 12.4. The smallest absolute Gasteiger partial charge is 0.301 e. The Morgan fingerprint density at radius 1 is 0.857 bits per heavy atom. The Bertz CT molecular complexity index is 3210. The summed E-state index contributed by atoms with van der Waals surface area (Å²) in [6, 6.07) is 20.3. The molecule has 6 aromatic rings. The van der Waals surface area contributed by atoms with E-state index in [2.05, 4.69) is 52.1 Å². The molecular weight excluding hydrogens is 1010 g/mol. The first kappa shape index (κ1) is 53.7. The number of amides is 2. The second-order valence-corrected chi connectivity index (χ2v) is 23.7. The number of nitrogens with zero attached hydrogens (tertiary/aromatic N) is 7. The molecule has 0 unspecified atom stereocenters. The van der Waals surface area contributed by atoms with Gasteiger partial charge in [-0.3, -0.25) is 24.0 Å². The van der Waals surface area contributed by atoms with Crippen molar-refractivity contribution in [2.75, 3.05) is 81.6 Å². The number of anilines is 2. The van der Waals surface area contributed by atoms with Crippen molar-refractivity contribution in [3.8, 4) is 11.1 Å². The maximum Gasteiger partial charge on any atom is 0.301 e. The number of β-amino-alcohol motifs (C(OH)–C–C–N with tert-alkyl or cyclic N) is 1. The Morgan fingerprint density at radius 3 is 2.29 bits per heavy atom. The summed E-state index contributed by atoms with van der Waals surface area (Å²) in [5.74, 6) is -2.85. The zero-order valence-electron chi connectivity index (χ0n) is 43.5. The third kappa shape index (κ3) is 12.1. The van der Waals surface area contributed by atoms with Gasteiger partial charge in [0, 0.05) is 125 Å². The number of rotatable bonds is 16. The van der Waals surface area contributed by atoms with Crippen molar-refractivity contribution in [2.24, 2.45) is 11.3 Å². The number of aliphatic hydroxyl groups is 1. The number of aromatic nitrogens is 4. The number of likely N-dealkylation sites (tertiary alicyclic amines) is 1. The van der Waals surface area contributed by atoms with E-state index in [1.165, 1.54) is 6.20 Å². The maximum absolute atomic E-state index is 15.8. The van der Waals surface area contributed by atoms with Gasteiger partial charge in [-0.25, -0.2) is 23.1 Å². The van der Waals surface area contributed by atoms with Crippen LogP contribution in [0, 0.1) is 23.0 Å². The largest absolute Gasteiger partial charge is 0.391 e. The summed E-state index contributed by atoms with van der Waals surface area (Å²) in [6.45, 7) is 11.6. The highest BCUT2D eigenvalue weighted by atomic mass is 32.2. The number of hydrogen-bond acceptors (Lipinski definition) is 11. The Morgan fingerprint density at radius 2 is 1.58 bits per heavy atom. The van der Waals surface area contributed by atoms with Crippen molar-refractivity contribution in [3.05, 3.63) is 131 Å². The Hall–Kier alpha value is -6.65. The van der Waals surface area contributed by atoms with Crippen LogP contribution in [-0.2, 0) is 26.2 Å². The monoisotopic (exact) mass is 1080 g/mol. The molecule has 4 saturated heterocycles. The van der Waals surface area contributed by atoms with Crippen LogP contribution in [0.1, 0.15) is 85.5 Å². The zero-order chi connectivity index (χ0) is 54.2. The van der Waals surface area contributed by atoms with Crippen molar-refractivity contribution < 1.29 is 41.1 Å². The van der Waals surface area contributed by atoms with Crippen molar-refractivity contribution in [3.63, 3.8) is 0 Å². The standard InChI is InChI=1S/C56H66F3N11O6S/c1-56(2,3)52(55(74)70-33-42(71)27-47(70)54-61-29-40(63-54)25-35-7-5-4-6-8-35)64-48(72)34-67-23-21-66(22-24-67)31-36-15-18-68(19-16-36)41-11-9-37(10-12-41)38-26-43-44(30-62-53(43)60-28-38)51(73)49-45(58)13-14-46(50(49)59)65-77(75,76)69-20-17-39(57)32-69/h4-14,26,28-30,36,39,42,47,52,65,71H,15-25,27,31-34H2,1-3H3,(H,60,62)(H,61,63)(H,64,72)/t39-,42-,47+,52-/m1/s1. The number of imidazole rings is 1. The Kier molecular flexibility index (Phi) is 15.6. The minimum absolute atomic E-state index is 0.000538. The number of fused-ring (bicyclic) bond motifs is 1. The van der Waals surface area contributed by atoms with E-state index in [0.29, 0.717) is 41.2 Å². The summed E-state index contributed by atoms with van der Waals surface area (Å²) in [5, 5.41) is 14.2. The molecule has 0 radical (unpaired) electrons. The molecule has 0 spiro atoms. The molecule has 3 aromatic carbocycles. The van der Waals surface area contributed by atoms with Gasteiger partial charge in [0.25, 0.3) is 0 Å². The van der Waals surface area contributed by atoms with Crippen LogP contribution in [0.2, 0.25) is 0 Å². The predicted molar refractivity (Wildman–Crippen MR) is 287 cm³/mol. The summed E-state index contributed by atoms with van der Waals surface area (Å²) in [6.07, 6.45) is 5.76. The molecular formula is C56H66F3N11O6S. The van der Waals surface area contributed by atoms with Gasteiger partial charge in [-0.15, -0.1) is 0 Å². The number of aromatic amines is 2. The number of halogens is 3. The van der Waals surface area contributed by atoms with Crippen LogP contribution >= 0.6 is 0 Å². The summed E-state index contributed by atoms with van der Waals surface area (Å²) < 4.78 is 73.4. The van der Waals surface area contributed by atoms with Gasteiger partial charge in [-0.05, 0) is 72.1 Å². The van der Waals surface area contributed by atoms with E-state index < -0.39 is 75.2 Å². The first-order valence-electron chi connectivity index (χ1n) is 26.4. The van der Waals surface area contributed by atoms with Crippen molar-refractivity contribution in [2.45, 2.75) is 77.2 Å². The Balaban J connectivity index is 0.692. The van der Waals surface area contributed by atoms with Crippen LogP contribution in [0.5, 0.6) is 0 Å². The van der Waals surface area contributed by atoms with E-state index in [4.69, 9.17) is 0 Å². The highest BCUT2D eigenvalue weighted by molar-refractivity contribution is 7.90. The zero-order valence-corrected chi connectivity index (χ0v) is 44.3. The van der Waals surface area contributed by atoms with Crippen LogP contribution in [0.15, 0.2) is 91.4 Å². The number of piperidine rings is 1. The number of carbonyl (C=O) groups is 3. The fourth-order valence-electron chi connectivity index (χ4n) is 11.2. The van der Waals surface area contributed by atoms with Gasteiger partial charge in [0.15, 0.2) is 5.82 Å². The van der Waals surface area contributed by atoms with Gasteiger partial charge in [0.1, 0.15) is 29.5 Å². The lowest BCUT2D eigenvalue weighted by Gasteiger charge is -2.39. The van der Waals surface area contributed by atoms with Crippen molar-refractivity contribution in [1.29, 1.82) is 0 Å². The van der Waals surface area contributed by atoms with Crippen LogP contribution in [0.25, 0.3) is 22.2 Å². The lowest BCUT2D eigenvalue weighted by molar-refractivity contribution is -0.141. The summed E-state index contributed by atoms with van der Waals surface area (Å²) >= 11 is 0. The quantitative estimate of drug-likeness (QED) is 0.0667. The third-order valence-corrected chi connectivity index (χ3v) is 17.0. The number of hydrogen-bond donors (Lipinski definition) is 5. The minimum Gasteiger partial charge on any atom is -0.391 e. The van der Waals surface area contributed by atoms with E-state index in [1.54, 1.807) is 23.4 Å². The molecule has 21 heteroatoms. The van der Waals surface area contributed by atoms with Gasteiger partial charge in [-0.1, -0.05) is 63.2 Å². The molecule has 0 bridgehead atoms. The number of nitrogens with one attached hydrogen (secondary N) is 4. The van der Waals surface area contributed by atoms with Crippen molar-refractivity contribution in [1.82, 2.24) is 44.3 Å². The fraction of sp³-hybridized carbons (Fsp3) is 0.446. The minimum atomic E-state index is -4.37. The molecule has 0 aliphatic carbocycles. The number of H-pyrrole nitrogens is 2. The van der Waals surface area contributed by atoms with Gasteiger partial charge in [-0.2, -0.15) is 12.7 Å². The molecule has 7 heterocycles. The van der Waals surface area contributed by atoms with Crippen LogP contribution in [0.3, 0.4) is 0 Å². The molecule has 4 fully saturated rings. The normalized spacial score (nSPS) is 20.7. The van der Waals surface area contributed by atoms with E-state index in [9.17, 15) is 32.3 Å². The number of aliphatic hydroxyl groups excluding tert-OH is 1. The van der Waals surface area contributed by atoms with Gasteiger partial charge >= 0.3 is 10.2 Å². The van der Waals surface area contributed by atoms with Gasteiger partial charge < -0.3 is 35.1 Å². The summed E-state index contributed by atoms with van der Waals surface area (Å²) in [4.78, 5) is 65.8. The van der Waals surface area contributed by atoms with E-state index >= 15 is 8.78 Å². The van der Waals surface area contributed by atoms with Gasteiger partial charge in [0.05, 0.1) is 29.9 Å². The SMILES string of the molecule is CC(C)(C)[C@H](NC(=O)CN1CCN(CC2CCN(c3ccc(-c4cnc5[nH]cc(C(=O)c6c(F)ccc(NS(=O)(=O)N7CC[C@@H](F)C7)c6F)c5c4)cc3)CC2)CC1)C(=O)N1C[C@H](O)C[C@H]1c1ncc(Cc2ccccc2)[nH]1. The van der Waals surface area contributed by atoms with Crippen LogP contribution in [0.4, 0.5) is 24.5 Å². The summed E-state index contributed by atoms with van der Waals surface area (Å²) in [5.41, 5.74) is 2.73. The number of alkyl halides is 1. The number of pyridine rings is 1. The van der Waals surface area contributed by atoms with Crippen LogP contribution < -0.4 is 14.9 Å². The highest BCUT2D eigenvalue weighted by Crippen LogP contribution is 2.35. The van der Waals surface area contributed by atoms with E-state index in [0.717, 1.165) is 97.6 Å². The molecule has 2 amide bonds. The van der Waals surface area contributed by atoms with Gasteiger partial charge in [0.2, 0.25) is 17.6 Å². The molecule has 4 aliphatic rings. The lowest BCUT2D eigenvalue weighted by atomic mass is 9.85. The molecule has 0 saturated carbocycles. The number of carbonyl (C=O) groups excluding carboxylic acids is 3. The van der Waals surface area contributed by atoms with E-state index in [1.807, 2.05) is 68.0 Å². The lowest BCUT2D eigenvalue weighted by Crippen LogP contribution is -2.57. The first-order chi connectivity index (χ1) is 36.9. The highest BCUT2D eigenvalue weighted by Gasteiger charge is 2.44. The first-order valence-corrected chi connectivity index (χ1v) is 27.9. The predicted octanol–water partition coefficient (Wildman–Crippen LogP) is 6.45. The molecule has 17 nitrogen and oxygen atoms in total. The second kappa shape index (κ2) is 22.4. The maximum atomic E-state index is 15.8. The molecule has 3 aromatic heterocycles. The number of ketones is 1. The van der Waals surface area contributed by atoms with Crippen molar-refractivity contribution >= 4 is 50.2 Å². The van der Waals surface area contributed by atoms with Crippen LogP contribution in [-0.4, -0.2) is 160 Å². The third-order valence-electron chi connectivity index (χ3n) is 15.5. The Labute approximate surface area is 446 Å². The molecule has 10 rings (SSSR count). The average Bonchev–Trinajstić information content (AvgIpc) is 4.25. The summed E-state index contributed by atoms with van der Waals surface area (Å²) in [7, 11) is -4.37. The number of benzene rings is 3. The second-order valence-electron chi connectivity index (χ2n) is 22.1. The molecule has 4 atom stereocenters. The number of piperazine rings is 1. The molecule has 4 aliphatic heterocycles. The topological polar surface area (TPSA) is 203 Å². The molecule has 5 N–H and O–H groups in total. The molecule has 408 valence electrons.